The highest BCUT2D eigenvalue weighted by Crippen LogP contribution is 2.13. The fraction of sp³-hybridized carbons (Fsp3) is 0.182. The van der Waals surface area contributed by atoms with Gasteiger partial charge in [-0.3, -0.25) is 0 Å². The molecular weight excluding hydrogens is 362 g/mol. The van der Waals surface area contributed by atoms with Crippen LogP contribution >= 0.6 is 17.0 Å². The van der Waals surface area contributed by atoms with E-state index in [4.69, 9.17) is 11.5 Å². The van der Waals surface area contributed by atoms with E-state index >= 15 is 0 Å². The van der Waals surface area contributed by atoms with Crippen molar-refractivity contribution in [2.75, 3.05) is 11.5 Å². The minimum absolute atomic E-state index is 0. The molecule has 2 aromatic rings. The van der Waals surface area contributed by atoms with E-state index in [2.05, 4.69) is 9.97 Å². The van der Waals surface area contributed by atoms with Gasteiger partial charge in [-0.2, -0.15) is 4.98 Å². The van der Waals surface area contributed by atoms with Crippen LogP contribution in [0.2, 0.25) is 0 Å². The number of aromatic nitrogens is 3. The molecule has 0 aliphatic carbocycles. The highest BCUT2D eigenvalue weighted by molar-refractivity contribution is 8.93. The first-order chi connectivity index (χ1) is 7.66. The molecule has 0 saturated heterocycles. The Morgan fingerprint density at radius 2 is 1.72 bits per heavy atom. The molecule has 98 valence electrons. The van der Waals surface area contributed by atoms with Crippen LogP contribution in [0.15, 0.2) is 30.6 Å². The van der Waals surface area contributed by atoms with Crippen molar-refractivity contribution in [2.45, 2.75) is 13.5 Å². The molecule has 0 atom stereocenters. The lowest BCUT2D eigenvalue weighted by atomic mass is 10.2. The maximum atomic E-state index is 5.83. The molecule has 2 heterocycles. The number of nitrogen functional groups attached to an aromatic ring is 2. The summed E-state index contributed by atoms with van der Waals surface area (Å²) < 4.78 is 2.01. The highest BCUT2D eigenvalue weighted by atomic mass is 79.9. The quantitative estimate of drug-likeness (QED) is 0.586. The first kappa shape index (κ1) is 16.8. The van der Waals surface area contributed by atoms with Crippen molar-refractivity contribution in [3.05, 3.63) is 41.9 Å². The Morgan fingerprint density at radius 3 is 2.28 bits per heavy atom. The number of halogens is 2. The Kier molecular flexibility index (Phi) is 6.79. The van der Waals surface area contributed by atoms with E-state index in [0.29, 0.717) is 12.4 Å². The van der Waals surface area contributed by atoms with Gasteiger partial charge in [-0.15, -0.1) is 17.0 Å². The van der Waals surface area contributed by atoms with E-state index in [0.717, 1.165) is 11.3 Å². The van der Waals surface area contributed by atoms with Crippen LogP contribution in [0.1, 0.15) is 11.3 Å². The highest BCUT2D eigenvalue weighted by Gasteiger charge is 2.12. The number of rotatable bonds is 2. The summed E-state index contributed by atoms with van der Waals surface area (Å²) in [6.07, 6.45) is 3.93. The summed E-state index contributed by atoms with van der Waals surface area (Å²) in [5, 5.41) is 0. The number of aryl methyl sites for hydroxylation is 1. The van der Waals surface area contributed by atoms with Crippen molar-refractivity contribution in [3.63, 3.8) is 0 Å². The van der Waals surface area contributed by atoms with Gasteiger partial charge in [0, 0.05) is 12.1 Å². The lowest BCUT2D eigenvalue weighted by Gasteiger charge is -2.05. The Morgan fingerprint density at radius 1 is 1.11 bits per heavy atom. The van der Waals surface area contributed by atoms with Crippen LogP contribution in [0.4, 0.5) is 11.8 Å². The van der Waals surface area contributed by atoms with Gasteiger partial charge in [-0.1, -0.05) is 6.07 Å². The van der Waals surface area contributed by atoms with Gasteiger partial charge in [0.25, 0.3) is 0 Å². The molecule has 5 nitrogen and oxygen atoms in total. The molecule has 0 saturated carbocycles. The number of anilines is 2. The Bertz CT molecular complexity index is 481. The second-order valence-electron chi connectivity index (χ2n) is 3.58. The Balaban J connectivity index is 0.00000144. The third kappa shape index (κ3) is 3.92. The van der Waals surface area contributed by atoms with Crippen LogP contribution in [-0.4, -0.2) is 9.97 Å². The summed E-state index contributed by atoms with van der Waals surface area (Å²) in [7, 11) is 0. The standard InChI is InChI=1S/C11H14N5.2BrH/c1-8-9(10(12)15-11(13)14-8)7-16-5-3-2-4-6-16;;/h2-6H,7H2,1H3,(H4,12,13,14,15);2*1H/q+1;;/p-1. The molecule has 2 rings (SSSR count). The van der Waals surface area contributed by atoms with Crippen molar-refractivity contribution in [1.82, 2.24) is 9.97 Å². The Labute approximate surface area is 127 Å². The second-order valence-corrected chi connectivity index (χ2v) is 3.58. The zero-order chi connectivity index (χ0) is 11.5. The van der Waals surface area contributed by atoms with Crippen molar-refractivity contribution >= 4 is 28.7 Å². The van der Waals surface area contributed by atoms with Crippen molar-refractivity contribution < 1.29 is 21.5 Å². The van der Waals surface area contributed by atoms with Crippen molar-refractivity contribution in [2.24, 2.45) is 0 Å². The molecule has 4 N–H and O–H groups in total. The lowest BCUT2D eigenvalue weighted by Crippen LogP contribution is -3.00. The number of nitrogens with zero attached hydrogens (tertiary/aromatic N) is 3. The number of nitrogens with two attached hydrogens (primary N) is 2. The van der Waals surface area contributed by atoms with Crippen LogP contribution in [0, 0.1) is 6.92 Å². The molecule has 0 bridgehead atoms. The molecule has 0 aromatic carbocycles. The van der Waals surface area contributed by atoms with Crippen LogP contribution in [0.5, 0.6) is 0 Å². The molecule has 0 aliphatic rings. The summed E-state index contributed by atoms with van der Waals surface area (Å²) in [5.74, 6) is 0.665. The normalized spacial score (nSPS) is 9.17. The SMILES string of the molecule is Br.Cc1nc(N)nc(N)c1C[n+]1ccccc1.[Br-]. The zero-order valence-corrected chi connectivity index (χ0v) is 13.2. The third-order valence-electron chi connectivity index (χ3n) is 2.38. The van der Waals surface area contributed by atoms with E-state index in [-0.39, 0.29) is 39.9 Å². The van der Waals surface area contributed by atoms with Crippen LogP contribution < -0.4 is 33.0 Å². The summed E-state index contributed by atoms with van der Waals surface area (Å²) >= 11 is 0. The third-order valence-corrected chi connectivity index (χ3v) is 2.38. The van der Waals surface area contributed by atoms with Gasteiger partial charge in [0.15, 0.2) is 18.9 Å². The Hall–Kier alpha value is -1.21. The van der Waals surface area contributed by atoms with Crippen molar-refractivity contribution in [1.29, 1.82) is 0 Å². The predicted octanol–water partition coefficient (Wildman–Crippen LogP) is -2.13. The zero-order valence-electron chi connectivity index (χ0n) is 9.88. The predicted molar refractivity (Wildman–Crippen MR) is 71.7 cm³/mol. The minimum Gasteiger partial charge on any atom is -1.00 e. The number of hydrogen-bond acceptors (Lipinski definition) is 4. The molecule has 0 aliphatic heterocycles. The van der Waals surface area contributed by atoms with Gasteiger partial charge in [0.1, 0.15) is 5.82 Å². The van der Waals surface area contributed by atoms with E-state index in [1.165, 1.54) is 0 Å². The molecule has 0 amide bonds. The van der Waals surface area contributed by atoms with Crippen LogP contribution in [0.25, 0.3) is 0 Å². The summed E-state index contributed by atoms with van der Waals surface area (Å²) in [5.41, 5.74) is 13.1. The van der Waals surface area contributed by atoms with Crippen LogP contribution in [-0.2, 0) is 6.54 Å². The molecule has 2 aromatic heterocycles. The average Bonchev–Trinajstić information content (AvgIpc) is 2.25. The largest absolute Gasteiger partial charge is 1.00 e. The van der Waals surface area contributed by atoms with Gasteiger partial charge >= 0.3 is 0 Å². The van der Waals surface area contributed by atoms with Gasteiger partial charge in [0.05, 0.1) is 11.3 Å². The van der Waals surface area contributed by atoms with Crippen molar-refractivity contribution in [3.8, 4) is 0 Å². The van der Waals surface area contributed by atoms with E-state index in [1.54, 1.807) is 0 Å². The van der Waals surface area contributed by atoms with Gasteiger partial charge in [0.2, 0.25) is 5.95 Å². The molecule has 0 spiro atoms. The molecule has 0 radical (unpaired) electrons. The van der Waals surface area contributed by atoms with Gasteiger partial charge in [-0.25, -0.2) is 9.55 Å². The summed E-state index contributed by atoms with van der Waals surface area (Å²) in [4.78, 5) is 8.07. The second kappa shape index (κ2) is 7.27. The smallest absolute Gasteiger partial charge is 0.222 e. The molecular formula is C11H15Br2N5. The van der Waals surface area contributed by atoms with Gasteiger partial charge in [-0.05, 0) is 6.92 Å². The molecule has 0 fully saturated rings. The fourth-order valence-electron chi connectivity index (χ4n) is 1.56. The van der Waals surface area contributed by atoms with E-state index in [1.807, 2.05) is 42.1 Å². The molecule has 7 heteroatoms. The van der Waals surface area contributed by atoms with E-state index in [9.17, 15) is 0 Å². The molecule has 18 heavy (non-hydrogen) atoms. The first-order valence-corrected chi connectivity index (χ1v) is 4.99. The maximum absolute atomic E-state index is 5.83. The minimum atomic E-state index is 0. The number of pyridine rings is 1. The lowest BCUT2D eigenvalue weighted by molar-refractivity contribution is -0.688. The summed E-state index contributed by atoms with van der Waals surface area (Å²) in [6, 6.07) is 5.89. The van der Waals surface area contributed by atoms with Crippen LogP contribution in [0.3, 0.4) is 0 Å². The summed E-state index contributed by atoms with van der Waals surface area (Å²) in [6.45, 7) is 2.53. The monoisotopic (exact) mass is 375 g/mol. The van der Waals surface area contributed by atoms with Gasteiger partial charge < -0.3 is 28.4 Å². The van der Waals surface area contributed by atoms with E-state index < -0.39 is 0 Å². The average molecular weight is 377 g/mol. The maximum Gasteiger partial charge on any atom is 0.222 e. The molecule has 0 unspecified atom stereocenters. The first-order valence-electron chi connectivity index (χ1n) is 4.99. The topological polar surface area (TPSA) is 81.7 Å². The fourth-order valence-corrected chi connectivity index (χ4v) is 1.56. The number of hydrogen-bond donors (Lipinski definition) is 2.